The maximum absolute atomic E-state index is 13.0. The Bertz CT molecular complexity index is 465. The van der Waals surface area contributed by atoms with Crippen molar-refractivity contribution in [3.05, 3.63) is 22.3 Å². The number of nitrogens with one attached hydrogen (secondary N) is 1. The SMILES string of the molecule is NCC1CCCCC1Nc1ncc(Br)cc1C(F)(F)F. The molecule has 1 aliphatic carbocycles. The van der Waals surface area contributed by atoms with E-state index < -0.39 is 11.7 Å². The van der Waals surface area contributed by atoms with Crippen molar-refractivity contribution >= 4 is 21.7 Å². The average Bonchev–Trinajstić information content (AvgIpc) is 2.40. The van der Waals surface area contributed by atoms with Crippen LogP contribution in [-0.4, -0.2) is 17.6 Å². The van der Waals surface area contributed by atoms with Crippen molar-refractivity contribution < 1.29 is 13.2 Å². The fraction of sp³-hybridized carbons (Fsp3) is 0.615. The Hall–Kier alpha value is -0.820. The van der Waals surface area contributed by atoms with Crippen LogP contribution in [0.5, 0.6) is 0 Å². The van der Waals surface area contributed by atoms with E-state index in [1.54, 1.807) is 0 Å². The highest BCUT2D eigenvalue weighted by molar-refractivity contribution is 9.10. The Kier molecular flexibility index (Phi) is 4.90. The van der Waals surface area contributed by atoms with Crippen LogP contribution in [0.4, 0.5) is 19.0 Å². The van der Waals surface area contributed by atoms with Crippen molar-refractivity contribution in [2.24, 2.45) is 11.7 Å². The van der Waals surface area contributed by atoms with Crippen LogP contribution in [0.1, 0.15) is 31.2 Å². The lowest BCUT2D eigenvalue weighted by Crippen LogP contribution is -2.37. The molecule has 20 heavy (non-hydrogen) atoms. The quantitative estimate of drug-likeness (QED) is 0.870. The van der Waals surface area contributed by atoms with Gasteiger partial charge in [0.2, 0.25) is 0 Å². The van der Waals surface area contributed by atoms with E-state index in [4.69, 9.17) is 5.73 Å². The summed E-state index contributed by atoms with van der Waals surface area (Å²) in [5.74, 6) is 0.0985. The summed E-state index contributed by atoms with van der Waals surface area (Å²) in [7, 11) is 0. The van der Waals surface area contributed by atoms with Gasteiger partial charge in [-0.05, 0) is 47.3 Å². The molecule has 0 radical (unpaired) electrons. The fourth-order valence-electron chi connectivity index (χ4n) is 2.63. The summed E-state index contributed by atoms with van der Waals surface area (Å²) >= 11 is 3.03. The number of hydrogen-bond acceptors (Lipinski definition) is 3. The van der Waals surface area contributed by atoms with Crippen molar-refractivity contribution in [2.75, 3.05) is 11.9 Å². The van der Waals surface area contributed by atoms with Gasteiger partial charge in [0, 0.05) is 16.7 Å². The van der Waals surface area contributed by atoms with Crippen LogP contribution in [0.15, 0.2) is 16.7 Å². The van der Waals surface area contributed by atoms with Crippen LogP contribution in [0, 0.1) is 5.92 Å². The fourth-order valence-corrected chi connectivity index (χ4v) is 2.96. The monoisotopic (exact) mass is 351 g/mol. The molecular formula is C13H17BrF3N3. The van der Waals surface area contributed by atoms with Gasteiger partial charge >= 0.3 is 6.18 Å². The van der Waals surface area contributed by atoms with Crippen LogP contribution >= 0.6 is 15.9 Å². The van der Waals surface area contributed by atoms with E-state index in [0.29, 0.717) is 11.0 Å². The van der Waals surface area contributed by atoms with Crippen LogP contribution in [0.25, 0.3) is 0 Å². The van der Waals surface area contributed by atoms with Gasteiger partial charge in [-0.3, -0.25) is 0 Å². The van der Waals surface area contributed by atoms with Gasteiger partial charge in [0.15, 0.2) is 0 Å². The first-order valence-electron chi connectivity index (χ1n) is 6.61. The molecule has 0 aliphatic heterocycles. The summed E-state index contributed by atoms with van der Waals surface area (Å²) in [6, 6.07) is 1.01. The molecule has 3 N–H and O–H groups in total. The molecule has 0 amide bonds. The second-order valence-corrected chi connectivity index (χ2v) is 5.99. The van der Waals surface area contributed by atoms with E-state index in [2.05, 4.69) is 26.2 Å². The molecule has 2 atom stereocenters. The second kappa shape index (κ2) is 6.30. The molecule has 0 bridgehead atoms. The first kappa shape index (κ1) is 15.6. The van der Waals surface area contributed by atoms with Crippen molar-refractivity contribution in [1.82, 2.24) is 4.98 Å². The molecule has 112 valence electrons. The third-order valence-electron chi connectivity index (χ3n) is 3.69. The number of halogens is 4. The van der Waals surface area contributed by atoms with Crippen molar-refractivity contribution in [2.45, 2.75) is 37.9 Å². The number of alkyl halides is 3. The van der Waals surface area contributed by atoms with Crippen LogP contribution in [0.2, 0.25) is 0 Å². The molecule has 1 fully saturated rings. The summed E-state index contributed by atoms with van der Waals surface area (Å²) in [6.07, 6.45) is 0.818. The van der Waals surface area contributed by atoms with Crippen LogP contribution in [-0.2, 0) is 6.18 Å². The number of pyridine rings is 1. The van der Waals surface area contributed by atoms with Gasteiger partial charge in [0.1, 0.15) is 5.82 Å². The lowest BCUT2D eigenvalue weighted by atomic mass is 9.84. The molecular weight excluding hydrogens is 335 g/mol. The zero-order valence-electron chi connectivity index (χ0n) is 10.9. The zero-order valence-corrected chi connectivity index (χ0v) is 12.5. The third kappa shape index (κ3) is 3.63. The number of nitrogens with zero attached hydrogens (tertiary/aromatic N) is 1. The minimum atomic E-state index is -4.42. The number of aromatic nitrogens is 1. The van der Waals surface area contributed by atoms with E-state index in [0.717, 1.165) is 31.7 Å². The molecule has 7 heteroatoms. The summed E-state index contributed by atoms with van der Waals surface area (Å²) in [4.78, 5) is 3.89. The van der Waals surface area contributed by atoms with Gasteiger partial charge in [-0.25, -0.2) is 4.98 Å². The number of rotatable bonds is 3. The molecule has 1 aromatic heterocycles. The first-order valence-corrected chi connectivity index (χ1v) is 7.40. The minimum Gasteiger partial charge on any atom is -0.367 e. The smallest absolute Gasteiger partial charge is 0.367 e. The summed E-state index contributed by atoms with van der Waals surface area (Å²) < 4.78 is 39.4. The van der Waals surface area contributed by atoms with Gasteiger partial charge in [0.25, 0.3) is 0 Å². The number of anilines is 1. The van der Waals surface area contributed by atoms with E-state index in [1.165, 1.54) is 6.20 Å². The summed E-state index contributed by atoms with van der Waals surface area (Å²) in [5, 5.41) is 2.95. The first-order chi connectivity index (χ1) is 9.41. The van der Waals surface area contributed by atoms with Crippen LogP contribution in [0.3, 0.4) is 0 Å². The van der Waals surface area contributed by atoms with Crippen molar-refractivity contribution in [3.63, 3.8) is 0 Å². The van der Waals surface area contributed by atoms with Crippen molar-refractivity contribution in [3.8, 4) is 0 Å². The van der Waals surface area contributed by atoms with Gasteiger partial charge in [0.05, 0.1) is 5.56 Å². The van der Waals surface area contributed by atoms with Gasteiger partial charge in [-0.15, -0.1) is 0 Å². The lowest BCUT2D eigenvalue weighted by Gasteiger charge is -2.32. The van der Waals surface area contributed by atoms with E-state index in [9.17, 15) is 13.2 Å². The molecule has 0 aromatic carbocycles. The zero-order chi connectivity index (χ0) is 14.8. The van der Waals surface area contributed by atoms with Crippen molar-refractivity contribution in [1.29, 1.82) is 0 Å². The number of hydrogen-bond donors (Lipinski definition) is 2. The molecule has 2 unspecified atom stereocenters. The summed E-state index contributed by atoms with van der Waals surface area (Å²) in [5.41, 5.74) is 4.96. The minimum absolute atomic E-state index is 0.0384. The molecule has 0 spiro atoms. The van der Waals surface area contributed by atoms with Gasteiger partial charge in [-0.2, -0.15) is 13.2 Å². The molecule has 0 saturated heterocycles. The van der Waals surface area contributed by atoms with Gasteiger partial charge < -0.3 is 11.1 Å². The Morgan fingerprint density at radius 2 is 2.05 bits per heavy atom. The molecule has 1 aliphatic rings. The Morgan fingerprint density at radius 1 is 1.35 bits per heavy atom. The largest absolute Gasteiger partial charge is 0.419 e. The predicted molar refractivity (Wildman–Crippen MR) is 75.4 cm³/mol. The van der Waals surface area contributed by atoms with Crippen LogP contribution < -0.4 is 11.1 Å². The maximum atomic E-state index is 13.0. The molecule has 1 saturated carbocycles. The molecule has 1 aromatic rings. The predicted octanol–water partition coefficient (Wildman–Crippen LogP) is 3.79. The third-order valence-corrected chi connectivity index (χ3v) is 4.13. The standard InChI is InChI=1S/C13H17BrF3N3/c14-9-5-10(13(15,16)17)12(19-7-9)20-11-4-2-1-3-8(11)6-18/h5,7-8,11H,1-4,6,18H2,(H,19,20). The average molecular weight is 352 g/mol. The Morgan fingerprint density at radius 3 is 2.70 bits per heavy atom. The molecule has 2 rings (SSSR count). The maximum Gasteiger partial charge on any atom is 0.419 e. The lowest BCUT2D eigenvalue weighted by molar-refractivity contribution is -0.137. The Balaban J connectivity index is 2.24. The van der Waals surface area contributed by atoms with E-state index >= 15 is 0 Å². The number of nitrogens with two attached hydrogens (primary N) is 1. The van der Waals surface area contributed by atoms with E-state index in [1.807, 2.05) is 0 Å². The van der Waals surface area contributed by atoms with Gasteiger partial charge in [-0.1, -0.05) is 12.8 Å². The Labute approximate surface area is 124 Å². The second-order valence-electron chi connectivity index (χ2n) is 5.08. The molecule has 3 nitrogen and oxygen atoms in total. The van der Waals surface area contributed by atoms with E-state index in [-0.39, 0.29) is 17.8 Å². The highest BCUT2D eigenvalue weighted by Gasteiger charge is 2.36. The molecule has 1 heterocycles. The summed E-state index contributed by atoms with van der Waals surface area (Å²) in [6.45, 7) is 0.482. The highest BCUT2D eigenvalue weighted by atomic mass is 79.9. The normalized spacial score (nSPS) is 23.6. The topological polar surface area (TPSA) is 50.9 Å². The highest BCUT2D eigenvalue weighted by Crippen LogP contribution is 2.36.